The highest BCUT2D eigenvalue weighted by molar-refractivity contribution is 5.91. The van der Waals surface area contributed by atoms with Gasteiger partial charge in [0.1, 0.15) is 0 Å². The number of nitrogens with zero attached hydrogens (tertiary/aromatic N) is 1. The number of hydrogen-bond acceptors (Lipinski definition) is 4. The first-order chi connectivity index (χ1) is 7.72. The summed E-state index contributed by atoms with van der Waals surface area (Å²) in [6.45, 7) is 3.11. The number of rotatable bonds is 3. The van der Waals surface area contributed by atoms with Crippen LogP contribution in [0.25, 0.3) is 0 Å². The van der Waals surface area contributed by atoms with Crippen LogP contribution < -0.4 is 16.0 Å². The summed E-state index contributed by atoms with van der Waals surface area (Å²) in [5, 5.41) is 12.1. The fraction of sp³-hybridized carbons (Fsp3) is 0.364. The Morgan fingerprint density at radius 3 is 3.06 bits per heavy atom. The number of carbonyl (C=O) groups is 1. The van der Waals surface area contributed by atoms with E-state index in [-0.39, 0.29) is 0 Å². The first-order valence-electron chi connectivity index (χ1n) is 5.28. The Bertz CT molecular complexity index is 406. The summed E-state index contributed by atoms with van der Waals surface area (Å²) in [6.07, 6.45) is 0. The first kappa shape index (κ1) is 10.8. The first-order valence-corrected chi connectivity index (χ1v) is 5.28. The van der Waals surface area contributed by atoms with Crippen LogP contribution in [0.4, 0.5) is 11.4 Å². The summed E-state index contributed by atoms with van der Waals surface area (Å²) in [7, 11) is 0. The molecular formula is C11H15N3O2. The van der Waals surface area contributed by atoms with Gasteiger partial charge in [-0.15, -0.1) is 0 Å². The molecule has 4 N–H and O–H groups in total. The second-order valence-corrected chi connectivity index (χ2v) is 3.74. The van der Waals surface area contributed by atoms with E-state index in [1.165, 1.54) is 0 Å². The zero-order chi connectivity index (χ0) is 11.5. The molecular weight excluding hydrogens is 206 g/mol. The van der Waals surface area contributed by atoms with Crippen LogP contribution in [0.5, 0.6) is 0 Å². The van der Waals surface area contributed by atoms with E-state index >= 15 is 0 Å². The molecule has 86 valence electrons. The van der Waals surface area contributed by atoms with Crippen molar-refractivity contribution in [2.45, 2.75) is 0 Å². The van der Waals surface area contributed by atoms with E-state index < -0.39 is 5.97 Å². The molecule has 0 amide bonds. The molecule has 1 aromatic carbocycles. The molecule has 16 heavy (non-hydrogen) atoms. The van der Waals surface area contributed by atoms with Crippen molar-refractivity contribution in [2.24, 2.45) is 5.73 Å². The minimum Gasteiger partial charge on any atom is -0.478 e. The largest absolute Gasteiger partial charge is 0.478 e. The lowest BCUT2D eigenvalue weighted by Gasteiger charge is -2.31. The molecule has 0 unspecified atom stereocenters. The van der Waals surface area contributed by atoms with E-state index in [1.807, 2.05) is 6.07 Å². The summed E-state index contributed by atoms with van der Waals surface area (Å²) in [5.74, 6) is -0.902. The van der Waals surface area contributed by atoms with E-state index in [1.54, 1.807) is 12.1 Å². The predicted molar refractivity (Wildman–Crippen MR) is 63.2 cm³/mol. The molecule has 2 rings (SSSR count). The van der Waals surface area contributed by atoms with Gasteiger partial charge < -0.3 is 21.1 Å². The average Bonchev–Trinajstić information content (AvgIpc) is 2.29. The van der Waals surface area contributed by atoms with Gasteiger partial charge >= 0.3 is 5.97 Å². The number of anilines is 2. The Morgan fingerprint density at radius 1 is 1.56 bits per heavy atom. The Morgan fingerprint density at radius 2 is 2.38 bits per heavy atom. The Hall–Kier alpha value is -1.75. The molecule has 0 bridgehead atoms. The van der Waals surface area contributed by atoms with Gasteiger partial charge in [0, 0.05) is 26.2 Å². The molecule has 0 spiro atoms. The minimum atomic E-state index is -0.902. The zero-order valence-electron chi connectivity index (χ0n) is 8.94. The lowest BCUT2D eigenvalue weighted by atomic mass is 10.1. The van der Waals surface area contributed by atoms with Crippen LogP contribution in [-0.4, -0.2) is 37.3 Å². The molecule has 5 heteroatoms. The smallest absolute Gasteiger partial charge is 0.335 e. The lowest BCUT2D eigenvalue weighted by molar-refractivity contribution is 0.0697. The second-order valence-electron chi connectivity index (χ2n) is 3.74. The van der Waals surface area contributed by atoms with Gasteiger partial charge in [-0.05, 0) is 18.2 Å². The van der Waals surface area contributed by atoms with Crippen molar-refractivity contribution >= 4 is 17.3 Å². The number of fused-ring (bicyclic) bond motifs is 1. The molecule has 1 aromatic rings. The molecule has 0 fully saturated rings. The molecule has 0 aromatic heterocycles. The van der Waals surface area contributed by atoms with Crippen LogP contribution in [0.1, 0.15) is 10.4 Å². The number of nitrogens with two attached hydrogens (primary N) is 1. The average molecular weight is 221 g/mol. The van der Waals surface area contributed by atoms with Crippen LogP contribution in [0.2, 0.25) is 0 Å². The van der Waals surface area contributed by atoms with Crippen LogP contribution in [0.3, 0.4) is 0 Å². The Balaban J connectivity index is 2.32. The SMILES string of the molecule is NCCN1CCNc2cc(C(=O)O)ccc21. The molecule has 1 heterocycles. The number of aromatic carboxylic acids is 1. The van der Waals surface area contributed by atoms with E-state index in [9.17, 15) is 4.79 Å². The predicted octanol–water partition coefficient (Wildman–Crippen LogP) is 0.575. The molecule has 0 atom stereocenters. The van der Waals surface area contributed by atoms with Crippen LogP contribution in [-0.2, 0) is 0 Å². The lowest BCUT2D eigenvalue weighted by Crippen LogP contribution is -2.37. The maximum absolute atomic E-state index is 10.8. The molecule has 0 saturated carbocycles. The number of nitrogens with one attached hydrogen (secondary N) is 1. The maximum Gasteiger partial charge on any atom is 0.335 e. The molecule has 5 nitrogen and oxygen atoms in total. The van der Waals surface area contributed by atoms with E-state index in [0.717, 1.165) is 31.0 Å². The highest BCUT2D eigenvalue weighted by Gasteiger charge is 2.17. The number of benzene rings is 1. The van der Waals surface area contributed by atoms with E-state index in [0.29, 0.717) is 12.1 Å². The number of carboxylic acids is 1. The van der Waals surface area contributed by atoms with Gasteiger partial charge in [0.15, 0.2) is 0 Å². The van der Waals surface area contributed by atoms with Gasteiger partial charge in [-0.1, -0.05) is 0 Å². The number of carboxylic acid groups (broad SMARTS) is 1. The van der Waals surface area contributed by atoms with Gasteiger partial charge in [-0.2, -0.15) is 0 Å². The van der Waals surface area contributed by atoms with Crippen LogP contribution >= 0.6 is 0 Å². The van der Waals surface area contributed by atoms with Crippen molar-refractivity contribution in [1.29, 1.82) is 0 Å². The van der Waals surface area contributed by atoms with Crippen molar-refractivity contribution in [3.63, 3.8) is 0 Å². The fourth-order valence-electron chi connectivity index (χ4n) is 1.92. The van der Waals surface area contributed by atoms with Crippen molar-refractivity contribution in [2.75, 3.05) is 36.4 Å². The molecule has 0 radical (unpaired) electrons. The van der Waals surface area contributed by atoms with Crippen LogP contribution in [0.15, 0.2) is 18.2 Å². The molecule has 1 aliphatic rings. The summed E-state index contributed by atoms with van der Waals surface area (Å²) >= 11 is 0. The topological polar surface area (TPSA) is 78.6 Å². The zero-order valence-corrected chi connectivity index (χ0v) is 8.94. The summed E-state index contributed by atoms with van der Waals surface area (Å²) in [5.41, 5.74) is 7.75. The Labute approximate surface area is 93.9 Å². The summed E-state index contributed by atoms with van der Waals surface area (Å²) < 4.78 is 0. The van der Waals surface area contributed by atoms with Crippen molar-refractivity contribution in [3.8, 4) is 0 Å². The van der Waals surface area contributed by atoms with Gasteiger partial charge in [0.2, 0.25) is 0 Å². The normalized spacial score (nSPS) is 14.2. The Kier molecular flexibility index (Phi) is 2.96. The second kappa shape index (κ2) is 4.40. The highest BCUT2D eigenvalue weighted by Crippen LogP contribution is 2.29. The standard InChI is InChI=1S/C11H15N3O2/c12-3-5-14-6-4-13-9-7-8(11(15)16)1-2-10(9)14/h1-2,7,13H,3-6,12H2,(H,15,16). The quantitative estimate of drug-likeness (QED) is 0.695. The van der Waals surface area contributed by atoms with Crippen molar-refractivity contribution in [1.82, 2.24) is 0 Å². The molecule has 1 aliphatic heterocycles. The third kappa shape index (κ3) is 1.94. The van der Waals surface area contributed by atoms with Crippen molar-refractivity contribution in [3.05, 3.63) is 23.8 Å². The fourth-order valence-corrected chi connectivity index (χ4v) is 1.92. The molecule has 0 saturated heterocycles. The summed E-state index contributed by atoms with van der Waals surface area (Å²) in [4.78, 5) is 13.0. The van der Waals surface area contributed by atoms with Gasteiger partial charge in [0.25, 0.3) is 0 Å². The monoisotopic (exact) mass is 221 g/mol. The van der Waals surface area contributed by atoms with Crippen molar-refractivity contribution < 1.29 is 9.90 Å². The third-order valence-electron chi connectivity index (χ3n) is 2.68. The van der Waals surface area contributed by atoms with Crippen LogP contribution in [0, 0.1) is 0 Å². The third-order valence-corrected chi connectivity index (χ3v) is 2.68. The summed E-state index contributed by atoms with van der Waals surface area (Å²) in [6, 6.07) is 5.12. The number of hydrogen-bond donors (Lipinski definition) is 3. The highest BCUT2D eigenvalue weighted by atomic mass is 16.4. The van der Waals surface area contributed by atoms with Gasteiger partial charge in [-0.25, -0.2) is 4.79 Å². The van der Waals surface area contributed by atoms with E-state index in [4.69, 9.17) is 10.8 Å². The van der Waals surface area contributed by atoms with Gasteiger partial charge in [0.05, 0.1) is 16.9 Å². The van der Waals surface area contributed by atoms with Gasteiger partial charge in [-0.3, -0.25) is 0 Å². The minimum absolute atomic E-state index is 0.306. The van der Waals surface area contributed by atoms with E-state index in [2.05, 4.69) is 10.2 Å². The molecule has 0 aliphatic carbocycles. The maximum atomic E-state index is 10.8.